The molecule has 100 valence electrons. The lowest BCUT2D eigenvalue weighted by Gasteiger charge is -2.08. The Kier molecular flexibility index (Phi) is 4.80. The minimum Gasteiger partial charge on any atom is -0.481 e. The van der Waals surface area contributed by atoms with E-state index in [-0.39, 0.29) is 17.9 Å². The Bertz CT molecular complexity index is 530. The van der Waals surface area contributed by atoms with Crippen molar-refractivity contribution in [2.45, 2.75) is 18.2 Å². The molecule has 1 atom stereocenters. The summed E-state index contributed by atoms with van der Waals surface area (Å²) in [4.78, 5) is 10.4. The van der Waals surface area contributed by atoms with E-state index < -0.39 is 27.7 Å². The molecule has 0 saturated carbocycles. The van der Waals surface area contributed by atoms with E-state index in [1.807, 2.05) is 0 Å². The lowest BCUT2D eigenvalue weighted by atomic mass is 10.1. The molecule has 0 aliphatic rings. The molecule has 0 fully saturated rings. The van der Waals surface area contributed by atoms with E-state index in [1.165, 1.54) is 19.1 Å². The number of hydrogen-bond donors (Lipinski definition) is 2. The molecule has 0 bridgehead atoms. The quantitative estimate of drug-likeness (QED) is 0.817. The number of halogens is 1. The SMILES string of the molecule is CC(CCNS(=O)(=O)c1cccc(F)c1)C(=O)O. The van der Waals surface area contributed by atoms with Crippen LogP contribution in [0.2, 0.25) is 0 Å². The number of carbonyl (C=O) groups is 1. The summed E-state index contributed by atoms with van der Waals surface area (Å²) in [6.45, 7) is 1.48. The molecule has 0 radical (unpaired) electrons. The molecule has 0 heterocycles. The van der Waals surface area contributed by atoms with Crippen LogP contribution in [-0.2, 0) is 14.8 Å². The van der Waals surface area contributed by atoms with E-state index in [0.29, 0.717) is 0 Å². The maximum absolute atomic E-state index is 12.9. The first-order valence-electron chi connectivity index (χ1n) is 5.31. The molecular formula is C11H14FNO4S. The molecule has 7 heteroatoms. The topological polar surface area (TPSA) is 83.5 Å². The van der Waals surface area contributed by atoms with Crippen LogP contribution in [0, 0.1) is 11.7 Å². The summed E-state index contributed by atoms with van der Waals surface area (Å²) in [5.41, 5.74) is 0. The van der Waals surface area contributed by atoms with Gasteiger partial charge < -0.3 is 5.11 Å². The average molecular weight is 275 g/mol. The van der Waals surface area contributed by atoms with E-state index in [2.05, 4.69) is 4.72 Å². The zero-order valence-electron chi connectivity index (χ0n) is 9.76. The van der Waals surface area contributed by atoms with Crippen molar-refractivity contribution >= 4 is 16.0 Å². The number of nitrogens with one attached hydrogen (secondary N) is 1. The van der Waals surface area contributed by atoms with Crippen molar-refractivity contribution in [1.29, 1.82) is 0 Å². The van der Waals surface area contributed by atoms with Gasteiger partial charge in [-0.25, -0.2) is 17.5 Å². The number of benzene rings is 1. The van der Waals surface area contributed by atoms with Crippen molar-refractivity contribution in [3.05, 3.63) is 30.1 Å². The second-order valence-corrected chi connectivity index (χ2v) is 5.65. The Labute approximate surface area is 105 Å². The van der Waals surface area contributed by atoms with Gasteiger partial charge in [-0.2, -0.15) is 0 Å². The van der Waals surface area contributed by atoms with E-state index in [1.54, 1.807) is 0 Å². The third-order valence-electron chi connectivity index (χ3n) is 2.40. The van der Waals surface area contributed by atoms with Crippen LogP contribution in [0.25, 0.3) is 0 Å². The summed E-state index contributed by atoms with van der Waals surface area (Å²) < 4.78 is 38.5. The van der Waals surface area contributed by atoms with Crippen molar-refractivity contribution in [1.82, 2.24) is 4.72 Å². The fourth-order valence-corrected chi connectivity index (χ4v) is 2.33. The average Bonchev–Trinajstić information content (AvgIpc) is 2.28. The normalized spacial score (nSPS) is 13.2. The van der Waals surface area contributed by atoms with Crippen LogP contribution in [-0.4, -0.2) is 26.0 Å². The van der Waals surface area contributed by atoms with Crippen LogP contribution in [0.1, 0.15) is 13.3 Å². The van der Waals surface area contributed by atoms with Crippen molar-refractivity contribution < 1.29 is 22.7 Å². The van der Waals surface area contributed by atoms with E-state index in [9.17, 15) is 17.6 Å². The first kappa shape index (κ1) is 14.6. The molecule has 1 unspecified atom stereocenters. The highest BCUT2D eigenvalue weighted by Crippen LogP contribution is 2.10. The zero-order valence-corrected chi connectivity index (χ0v) is 10.6. The van der Waals surface area contributed by atoms with Crippen LogP contribution in [0.5, 0.6) is 0 Å². The summed E-state index contributed by atoms with van der Waals surface area (Å²) in [5.74, 6) is -2.27. The first-order valence-corrected chi connectivity index (χ1v) is 6.79. The minimum absolute atomic E-state index is 0.00763. The van der Waals surface area contributed by atoms with E-state index >= 15 is 0 Å². The maximum atomic E-state index is 12.9. The van der Waals surface area contributed by atoms with Gasteiger partial charge in [-0.15, -0.1) is 0 Å². The number of rotatable bonds is 6. The molecule has 1 aromatic rings. The van der Waals surface area contributed by atoms with Crippen LogP contribution < -0.4 is 4.72 Å². The summed E-state index contributed by atoms with van der Waals surface area (Å²) in [6, 6.07) is 4.62. The van der Waals surface area contributed by atoms with Gasteiger partial charge in [0.2, 0.25) is 10.0 Å². The van der Waals surface area contributed by atoms with Crippen molar-refractivity contribution in [2.75, 3.05) is 6.54 Å². The van der Waals surface area contributed by atoms with Gasteiger partial charge in [-0.1, -0.05) is 13.0 Å². The molecule has 0 amide bonds. The van der Waals surface area contributed by atoms with Crippen LogP contribution >= 0.6 is 0 Å². The van der Waals surface area contributed by atoms with Gasteiger partial charge in [-0.05, 0) is 24.6 Å². The highest BCUT2D eigenvalue weighted by Gasteiger charge is 2.16. The van der Waals surface area contributed by atoms with Crippen molar-refractivity contribution in [3.8, 4) is 0 Å². The summed E-state index contributed by atoms with van der Waals surface area (Å²) in [5, 5.41) is 8.64. The van der Waals surface area contributed by atoms with Crippen LogP contribution in [0.3, 0.4) is 0 Å². The summed E-state index contributed by atoms with van der Waals surface area (Å²) in [7, 11) is -3.79. The molecule has 0 aliphatic heterocycles. The zero-order chi connectivity index (χ0) is 13.8. The summed E-state index contributed by atoms with van der Waals surface area (Å²) >= 11 is 0. The molecule has 1 aromatic carbocycles. The predicted molar refractivity (Wildman–Crippen MR) is 63.0 cm³/mol. The Hall–Kier alpha value is -1.47. The number of hydrogen-bond acceptors (Lipinski definition) is 3. The number of sulfonamides is 1. The van der Waals surface area contributed by atoms with Crippen molar-refractivity contribution in [3.63, 3.8) is 0 Å². The number of carboxylic acids is 1. The third-order valence-corrected chi connectivity index (χ3v) is 3.86. The van der Waals surface area contributed by atoms with Crippen LogP contribution in [0.15, 0.2) is 29.2 Å². The second-order valence-electron chi connectivity index (χ2n) is 3.88. The highest BCUT2D eigenvalue weighted by molar-refractivity contribution is 7.89. The minimum atomic E-state index is -3.79. The first-order chi connectivity index (χ1) is 8.33. The largest absolute Gasteiger partial charge is 0.481 e. The molecule has 5 nitrogen and oxygen atoms in total. The predicted octanol–water partition coefficient (Wildman–Crippen LogP) is 1.21. The molecule has 0 aromatic heterocycles. The van der Waals surface area contributed by atoms with Gasteiger partial charge in [-0.3, -0.25) is 4.79 Å². The fourth-order valence-electron chi connectivity index (χ4n) is 1.25. The molecule has 0 spiro atoms. The molecule has 0 aliphatic carbocycles. The Morgan fingerprint density at radius 3 is 2.72 bits per heavy atom. The van der Waals surface area contributed by atoms with E-state index in [4.69, 9.17) is 5.11 Å². The number of aliphatic carboxylic acids is 1. The Balaban J connectivity index is 2.64. The second kappa shape index (κ2) is 5.92. The highest BCUT2D eigenvalue weighted by atomic mass is 32.2. The molecule has 1 rings (SSSR count). The van der Waals surface area contributed by atoms with Crippen LogP contribution in [0.4, 0.5) is 4.39 Å². The fraction of sp³-hybridized carbons (Fsp3) is 0.364. The molecule has 2 N–H and O–H groups in total. The van der Waals surface area contributed by atoms with Gasteiger partial charge in [0, 0.05) is 6.54 Å². The Morgan fingerprint density at radius 1 is 1.50 bits per heavy atom. The summed E-state index contributed by atoms with van der Waals surface area (Å²) in [6.07, 6.45) is 0.171. The molecule has 18 heavy (non-hydrogen) atoms. The monoisotopic (exact) mass is 275 g/mol. The smallest absolute Gasteiger partial charge is 0.306 e. The lowest BCUT2D eigenvalue weighted by Crippen LogP contribution is -2.27. The van der Waals surface area contributed by atoms with E-state index in [0.717, 1.165) is 12.1 Å². The van der Waals surface area contributed by atoms with Gasteiger partial charge in [0.15, 0.2) is 0 Å². The van der Waals surface area contributed by atoms with Crippen molar-refractivity contribution in [2.24, 2.45) is 5.92 Å². The standard InChI is InChI=1S/C11H14FNO4S/c1-8(11(14)15)5-6-13-18(16,17)10-4-2-3-9(12)7-10/h2-4,7-8,13H,5-6H2,1H3,(H,14,15). The maximum Gasteiger partial charge on any atom is 0.306 e. The third kappa shape index (κ3) is 4.08. The number of carboxylic acid groups (broad SMARTS) is 1. The van der Waals surface area contributed by atoms with Gasteiger partial charge in [0.05, 0.1) is 10.8 Å². The Morgan fingerprint density at radius 2 is 2.17 bits per heavy atom. The van der Waals surface area contributed by atoms with Gasteiger partial charge >= 0.3 is 5.97 Å². The van der Waals surface area contributed by atoms with Gasteiger partial charge in [0.1, 0.15) is 5.82 Å². The molecule has 0 saturated heterocycles. The van der Waals surface area contributed by atoms with Gasteiger partial charge in [0.25, 0.3) is 0 Å². The molecular weight excluding hydrogens is 261 g/mol. The lowest BCUT2D eigenvalue weighted by molar-refractivity contribution is -0.141.